The summed E-state index contributed by atoms with van der Waals surface area (Å²) in [5, 5.41) is 23.5. The molecule has 2 heterocycles. The molecule has 0 radical (unpaired) electrons. The zero-order valence-corrected chi connectivity index (χ0v) is 17.5. The van der Waals surface area contributed by atoms with Crippen molar-refractivity contribution < 1.29 is 19.8 Å². The van der Waals surface area contributed by atoms with Gasteiger partial charge < -0.3 is 15.5 Å². The van der Waals surface area contributed by atoms with Crippen molar-refractivity contribution in [3.8, 4) is 5.75 Å². The number of carbonyl (C=O) groups is 2. The SMILES string of the molecule is Cc1cc(C(NC(=O)CCCCCCC(=O)O)c2cccnc2)c(O)c2ncccc12. The molecule has 1 atom stereocenters. The van der Waals surface area contributed by atoms with Crippen LogP contribution in [0, 0.1) is 6.92 Å². The molecular formula is C24H27N3O4. The van der Waals surface area contributed by atoms with Gasteiger partial charge >= 0.3 is 5.97 Å². The highest BCUT2D eigenvalue weighted by molar-refractivity contribution is 5.89. The maximum Gasteiger partial charge on any atom is 0.303 e. The number of aryl methyl sites for hydroxylation is 1. The summed E-state index contributed by atoms with van der Waals surface area (Å²) in [5.41, 5.74) is 2.80. The van der Waals surface area contributed by atoms with Crippen LogP contribution in [-0.4, -0.2) is 32.1 Å². The van der Waals surface area contributed by atoms with E-state index in [4.69, 9.17) is 5.11 Å². The van der Waals surface area contributed by atoms with E-state index in [0.717, 1.165) is 29.4 Å². The average molecular weight is 421 g/mol. The van der Waals surface area contributed by atoms with Crippen molar-refractivity contribution in [1.29, 1.82) is 0 Å². The summed E-state index contributed by atoms with van der Waals surface area (Å²) < 4.78 is 0. The molecule has 0 bridgehead atoms. The molecule has 1 amide bonds. The number of aromatic nitrogens is 2. The molecule has 0 aliphatic heterocycles. The van der Waals surface area contributed by atoms with Crippen molar-refractivity contribution >= 4 is 22.8 Å². The lowest BCUT2D eigenvalue weighted by Crippen LogP contribution is -2.29. The number of carboxylic acid groups (broad SMARTS) is 1. The lowest BCUT2D eigenvalue weighted by Gasteiger charge is -2.22. The zero-order valence-electron chi connectivity index (χ0n) is 17.5. The summed E-state index contributed by atoms with van der Waals surface area (Å²) in [6.45, 7) is 1.95. The summed E-state index contributed by atoms with van der Waals surface area (Å²) in [4.78, 5) is 31.7. The second kappa shape index (κ2) is 10.5. The van der Waals surface area contributed by atoms with Crippen molar-refractivity contribution in [2.45, 2.75) is 51.5 Å². The number of pyridine rings is 2. The van der Waals surface area contributed by atoms with E-state index in [-0.39, 0.29) is 18.1 Å². The molecular weight excluding hydrogens is 394 g/mol. The molecule has 7 heteroatoms. The lowest BCUT2D eigenvalue weighted by atomic mass is 9.94. The normalized spacial score (nSPS) is 11.9. The third-order valence-corrected chi connectivity index (χ3v) is 5.28. The minimum absolute atomic E-state index is 0.0454. The number of fused-ring (bicyclic) bond motifs is 1. The van der Waals surface area contributed by atoms with E-state index < -0.39 is 12.0 Å². The lowest BCUT2D eigenvalue weighted by molar-refractivity contribution is -0.137. The number of unbranched alkanes of at least 4 members (excludes halogenated alkanes) is 3. The molecule has 0 spiro atoms. The van der Waals surface area contributed by atoms with Gasteiger partial charge in [-0.3, -0.25) is 19.6 Å². The molecule has 1 aromatic carbocycles. The Morgan fingerprint density at radius 1 is 1.06 bits per heavy atom. The standard InChI is InChI=1S/C24H27N3O4/c1-16-14-19(24(31)23-18(16)9-7-13-26-23)22(17-8-6-12-25-15-17)27-20(28)10-4-2-3-5-11-21(29)30/h6-9,12-15,22,31H,2-5,10-11H2,1H3,(H,27,28)(H,29,30). The molecule has 3 aromatic rings. The number of aliphatic carboxylic acids is 1. The number of phenols is 1. The topological polar surface area (TPSA) is 112 Å². The minimum Gasteiger partial charge on any atom is -0.505 e. The monoisotopic (exact) mass is 421 g/mol. The first kappa shape index (κ1) is 22.2. The van der Waals surface area contributed by atoms with Crippen LogP contribution in [0.2, 0.25) is 0 Å². The van der Waals surface area contributed by atoms with E-state index in [0.29, 0.717) is 30.3 Å². The maximum absolute atomic E-state index is 12.7. The maximum atomic E-state index is 12.7. The molecule has 0 fully saturated rings. The summed E-state index contributed by atoms with van der Waals surface area (Å²) in [6.07, 6.45) is 8.32. The number of phenolic OH excluding ortho intramolecular Hbond substituents is 1. The van der Waals surface area contributed by atoms with Crippen molar-refractivity contribution in [3.63, 3.8) is 0 Å². The van der Waals surface area contributed by atoms with E-state index in [1.165, 1.54) is 0 Å². The number of amides is 1. The van der Waals surface area contributed by atoms with Crippen LogP contribution in [-0.2, 0) is 9.59 Å². The molecule has 3 rings (SSSR count). The van der Waals surface area contributed by atoms with Crippen molar-refractivity contribution in [1.82, 2.24) is 15.3 Å². The van der Waals surface area contributed by atoms with Crippen LogP contribution in [0.1, 0.15) is 61.3 Å². The highest BCUT2D eigenvalue weighted by Crippen LogP contribution is 2.36. The van der Waals surface area contributed by atoms with E-state index in [1.54, 1.807) is 24.7 Å². The molecule has 7 nitrogen and oxygen atoms in total. The second-order valence-electron chi connectivity index (χ2n) is 7.63. The van der Waals surface area contributed by atoms with Gasteiger partial charge in [0.05, 0.1) is 6.04 Å². The van der Waals surface area contributed by atoms with Gasteiger partial charge in [-0.15, -0.1) is 0 Å². The predicted octanol–water partition coefficient (Wildman–Crippen LogP) is 4.27. The fourth-order valence-corrected chi connectivity index (χ4v) is 3.68. The Morgan fingerprint density at radius 3 is 2.52 bits per heavy atom. The highest BCUT2D eigenvalue weighted by Gasteiger charge is 2.23. The first-order chi connectivity index (χ1) is 15.0. The largest absolute Gasteiger partial charge is 0.505 e. The Balaban J connectivity index is 1.78. The Kier molecular flexibility index (Phi) is 7.54. The van der Waals surface area contributed by atoms with Gasteiger partial charge in [0.1, 0.15) is 11.3 Å². The fourth-order valence-electron chi connectivity index (χ4n) is 3.68. The van der Waals surface area contributed by atoms with Crippen LogP contribution in [0.3, 0.4) is 0 Å². The van der Waals surface area contributed by atoms with Gasteiger partial charge in [0.25, 0.3) is 0 Å². The van der Waals surface area contributed by atoms with Gasteiger partial charge in [0, 0.05) is 42.4 Å². The van der Waals surface area contributed by atoms with Gasteiger partial charge in [-0.2, -0.15) is 0 Å². The quantitative estimate of drug-likeness (QED) is 0.421. The van der Waals surface area contributed by atoms with Gasteiger partial charge in [0.2, 0.25) is 5.91 Å². The number of carboxylic acids is 1. The Hall–Kier alpha value is -3.48. The van der Waals surface area contributed by atoms with Gasteiger partial charge in [0.15, 0.2) is 0 Å². The Bertz CT molecular complexity index is 1050. The van der Waals surface area contributed by atoms with E-state index in [9.17, 15) is 14.7 Å². The number of carbonyl (C=O) groups excluding carboxylic acids is 1. The number of hydrogen-bond donors (Lipinski definition) is 3. The Morgan fingerprint density at radius 2 is 1.81 bits per heavy atom. The molecule has 0 aliphatic rings. The summed E-state index contributed by atoms with van der Waals surface area (Å²) in [6, 6.07) is 8.71. The van der Waals surface area contributed by atoms with Crippen LogP contribution in [0.4, 0.5) is 0 Å². The van der Waals surface area contributed by atoms with Gasteiger partial charge in [-0.1, -0.05) is 25.0 Å². The zero-order chi connectivity index (χ0) is 22.2. The predicted molar refractivity (Wildman–Crippen MR) is 118 cm³/mol. The third-order valence-electron chi connectivity index (χ3n) is 5.28. The fraction of sp³-hybridized carbons (Fsp3) is 0.333. The summed E-state index contributed by atoms with van der Waals surface area (Å²) in [7, 11) is 0. The number of nitrogens with zero attached hydrogens (tertiary/aromatic N) is 2. The van der Waals surface area contributed by atoms with Crippen molar-refractivity contribution in [2.75, 3.05) is 0 Å². The van der Waals surface area contributed by atoms with E-state index >= 15 is 0 Å². The first-order valence-electron chi connectivity index (χ1n) is 10.5. The first-order valence-corrected chi connectivity index (χ1v) is 10.5. The van der Waals surface area contributed by atoms with Crippen LogP contribution in [0.5, 0.6) is 5.75 Å². The average Bonchev–Trinajstić information content (AvgIpc) is 2.77. The third kappa shape index (κ3) is 5.78. The molecule has 3 N–H and O–H groups in total. The van der Waals surface area contributed by atoms with E-state index in [1.807, 2.05) is 31.2 Å². The summed E-state index contributed by atoms with van der Waals surface area (Å²) in [5.74, 6) is -0.883. The Labute approximate surface area is 181 Å². The molecule has 31 heavy (non-hydrogen) atoms. The van der Waals surface area contributed by atoms with Gasteiger partial charge in [-0.25, -0.2) is 0 Å². The molecule has 0 aliphatic carbocycles. The molecule has 2 aromatic heterocycles. The second-order valence-corrected chi connectivity index (χ2v) is 7.63. The van der Waals surface area contributed by atoms with Crippen LogP contribution in [0.15, 0.2) is 48.9 Å². The van der Waals surface area contributed by atoms with E-state index in [2.05, 4.69) is 15.3 Å². The number of aromatic hydroxyl groups is 1. The van der Waals surface area contributed by atoms with Crippen molar-refractivity contribution in [2.24, 2.45) is 0 Å². The highest BCUT2D eigenvalue weighted by atomic mass is 16.4. The summed E-state index contributed by atoms with van der Waals surface area (Å²) >= 11 is 0. The number of rotatable bonds is 10. The van der Waals surface area contributed by atoms with Crippen LogP contribution >= 0.6 is 0 Å². The molecule has 162 valence electrons. The minimum atomic E-state index is -0.794. The number of hydrogen-bond acceptors (Lipinski definition) is 5. The molecule has 1 unspecified atom stereocenters. The van der Waals surface area contributed by atoms with Crippen LogP contribution in [0.25, 0.3) is 10.9 Å². The molecule has 0 saturated carbocycles. The smallest absolute Gasteiger partial charge is 0.303 e. The van der Waals surface area contributed by atoms with Crippen LogP contribution < -0.4 is 5.32 Å². The van der Waals surface area contributed by atoms with Crippen molar-refractivity contribution in [3.05, 3.63) is 65.6 Å². The number of nitrogens with one attached hydrogen (secondary N) is 1. The van der Waals surface area contributed by atoms with Gasteiger partial charge in [-0.05, 0) is 49.1 Å². The molecule has 0 saturated heterocycles. The number of benzene rings is 1.